The maximum Gasteiger partial charge on any atom is 0.255 e. The second kappa shape index (κ2) is 5.39. The molecule has 18 heavy (non-hydrogen) atoms. The summed E-state index contributed by atoms with van der Waals surface area (Å²) in [5, 5.41) is 15.1. The van der Waals surface area contributed by atoms with Crippen LogP contribution in [0.3, 0.4) is 0 Å². The normalized spacial score (nSPS) is 19.2. The number of hydrogen-bond acceptors (Lipinski definition) is 3. The summed E-state index contributed by atoms with van der Waals surface area (Å²) in [5.74, 6) is -0.394. The molecule has 1 aliphatic heterocycles. The van der Waals surface area contributed by atoms with Gasteiger partial charge in [0, 0.05) is 23.5 Å². The second-order valence-corrected chi connectivity index (χ2v) is 5.09. The highest BCUT2D eigenvalue weighted by molar-refractivity contribution is 9.10. The van der Waals surface area contributed by atoms with Crippen LogP contribution in [0.5, 0.6) is 5.75 Å². The summed E-state index contributed by atoms with van der Waals surface area (Å²) in [6.45, 7) is 0.432. The zero-order valence-corrected chi connectivity index (χ0v) is 11.2. The smallest absolute Gasteiger partial charge is 0.255 e. The maximum atomic E-state index is 11.9. The molecule has 2 rings (SSSR count). The first-order chi connectivity index (χ1) is 8.56. The number of phenols is 1. The van der Waals surface area contributed by atoms with Crippen LogP contribution in [0.4, 0.5) is 0 Å². The lowest BCUT2D eigenvalue weighted by atomic mass is 10.1. The summed E-state index contributed by atoms with van der Waals surface area (Å²) in [4.78, 5) is 22.9. The molecular formula is C12H13BrN2O3. The third-order valence-electron chi connectivity index (χ3n) is 2.81. The molecule has 0 aliphatic carbocycles. The molecule has 0 radical (unpaired) electrons. The number of phenolic OH excluding ortho intramolecular Hbond substituents is 1. The highest BCUT2D eigenvalue weighted by atomic mass is 79.9. The number of carbonyl (C=O) groups is 2. The lowest BCUT2D eigenvalue weighted by molar-refractivity contribution is -0.122. The largest absolute Gasteiger partial charge is 0.507 e. The zero-order chi connectivity index (χ0) is 13.1. The molecule has 1 fully saturated rings. The van der Waals surface area contributed by atoms with Gasteiger partial charge in [0.2, 0.25) is 5.91 Å². The lowest BCUT2D eigenvalue weighted by Gasteiger charge is -2.23. The van der Waals surface area contributed by atoms with Crippen molar-refractivity contribution in [2.24, 2.45) is 0 Å². The van der Waals surface area contributed by atoms with Crippen LogP contribution in [0.15, 0.2) is 22.7 Å². The van der Waals surface area contributed by atoms with Crippen LogP contribution in [0.1, 0.15) is 23.2 Å². The molecule has 0 unspecified atom stereocenters. The van der Waals surface area contributed by atoms with Crippen molar-refractivity contribution in [1.82, 2.24) is 10.6 Å². The maximum absolute atomic E-state index is 11.9. The molecule has 1 saturated heterocycles. The average molecular weight is 313 g/mol. The molecule has 1 aromatic carbocycles. The Balaban J connectivity index is 2.01. The Bertz CT molecular complexity index is 480. The van der Waals surface area contributed by atoms with Gasteiger partial charge in [-0.3, -0.25) is 9.59 Å². The Hall–Kier alpha value is -1.56. The van der Waals surface area contributed by atoms with Gasteiger partial charge in [-0.1, -0.05) is 15.9 Å². The topological polar surface area (TPSA) is 78.4 Å². The van der Waals surface area contributed by atoms with Crippen LogP contribution in [-0.2, 0) is 4.79 Å². The standard InChI is InChI=1S/C12H13BrN2O3/c13-7-1-3-9(10(16)5-7)12(18)15-8-2-4-11(17)14-6-8/h1,3,5,8,16H,2,4,6H2,(H,14,17)(H,15,18)/t8-/m0/s1. The summed E-state index contributed by atoms with van der Waals surface area (Å²) in [6, 6.07) is 4.63. The van der Waals surface area contributed by atoms with Crippen molar-refractivity contribution in [2.45, 2.75) is 18.9 Å². The summed E-state index contributed by atoms with van der Waals surface area (Å²) in [5.41, 5.74) is 0.232. The minimum atomic E-state index is -0.332. The predicted molar refractivity (Wildman–Crippen MR) is 69.3 cm³/mol. The van der Waals surface area contributed by atoms with Gasteiger partial charge in [-0.25, -0.2) is 0 Å². The molecule has 1 heterocycles. The molecule has 0 aromatic heterocycles. The van der Waals surface area contributed by atoms with Gasteiger partial charge in [-0.15, -0.1) is 0 Å². The minimum absolute atomic E-state index is 0.00647. The molecule has 96 valence electrons. The van der Waals surface area contributed by atoms with E-state index >= 15 is 0 Å². The fourth-order valence-electron chi connectivity index (χ4n) is 1.82. The number of benzene rings is 1. The molecule has 0 bridgehead atoms. The SMILES string of the molecule is O=C1CC[C@H](NC(=O)c2ccc(Br)cc2O)CN1. The number of aromatic hydroxyl groups is 1. The van der Waals surface area contributed by atoms with Gasteiger partial charge in [0.25, 0.3) is 5.91 Å². The molecule has 3 N–H and O–H groups in total. The van der Waals surface area contributed by atoms with E-state index < -0.39 is 0 Å². The van der Waals surface area contributed by atoms with Crippen LogP contribution in [0.2, 0.25) is 0 Å². The first-order valence-corrected chi connectivity index (χ1v) is 6.41. The number of amides is 2. The fourth-order valence-corrected chi connectivity index (χ4v) is 2.16. The van der Waals surface area contributed by atoms with Crippen molar-refractivity contribution in [2.75, 3.05) is 6.54 Å². The Morgan fingerprint density at radius 2 is 2.28 bits per heavy atom. The number of rotatable bonds is 2. The summed E-state index contributed by atoms with van der Waals surface area (Å²) < 4.78 is 0.710. The van der Waals surface area contributed by atoms with E-state index in [0.29, 0.717) is 23.9 Å². The molecule has 1 aromatic rings. The number of halogens is 1. The quantitative estimate of drug-likeness (QED) is 0.767. The highest BCUT2D eigenvalue weighted by Crippen LogP contribution is 2.22. The van der Waals surface area contributed by atoms with E-state index in [1.54, 1.807) is 12.1 Å². The molecular weight excluding hydrogens is 300 g/mol. The van der Waals surface area contributed by atoms with E-state index in [9.17, 15) is 14.7 Å². The van der Waals surface area contributed by atoms with Crippen molar-refractivity contribution >= 4 is 27.7 Å². The van der Waals surface area contributed by atoms with Crippen molar-refractivity contribution in [3.63, 3.8) is 0 Å². The molecule has 5 nitrogen and oxygen atoms in total. The number of piperidine rings is 1. The first kappa shape index (κ1) is 12.9. The molecule has 6 heteroatoms. The van der Waals surface area contributed by atoms with E-state index in [1.165, 1.54) is 6.07 Å². The Kier molecular flexibility index (Phi) is 3.86. The molecule has 1 atom stereocenters. The van der Waals surface area contributed by atoms with Crippen molar-refractivity contribution in [1.29, 1.82) is 0 Å². The number of carbonyl (C=O) groups excluding carboxylic acids is 2. The van der Waals surface area contributed by atoms with Crippen molar-refractivity contribution in [3.05, 3.63) is 28.2 Å². The minimum Gasteiger partial charge on any atom is -0.507 e. The van der Waals surface area contributed by atoms with Gasteiger partial charge < -0.3 is 15.7 Å². The van der Waals surface area contributed by atoms with E-state index in [4.69, 9.17) is 0 Å². The molecule has 0 spiro atoms. The van der Waals surface area contributed by atoms with E-state index in [2.05, 4.69) is 26.6 Å². The van der Waals surface area contributed by atoms with Gasteiger partial charge in [0.15, 0.2) is 0 Å². The molecule has 2 amide bonds. The van der Waals surface area contributed by atoms with Gasteiger partial charge in [-0.2, -0.15) is 0 Å². The lowest BCUT2D eigenvalue weighted by Crippen LogP contribution is -2.47. The third kappa shape index (κ3) is 3.01. The Labute approximate surface area is 113 Å². The van der Waals surface area contributed by atoms with Crippen molar-refractivity contribution in [3.8, 4) is 5.75 Å². The summed E-state index contributed by atoms with van der Waals surface area (Å²) in [7, 11) is 0. The van der Waals surface area contributed by atoms with Crippen LogP contribution in [0, 0.1) is 0 Å². The van der Waals surface area contributed by atoms with Crippen LogP contribution < -0.4 is 10.6 Å². The van der Waals surface area contributed by atoms with Gasteiger partial charge >= 0.3 is 0 Å². The Morgan fingerprint density at radius 1 is 1.50 bits per heavy atom. The highest BCUT2D eigenvalue weighted by Gasteiger charge is 2.21. The number of hydrogen-bond donors (Lipinski definition) is 3. The van der Waals surface area contributed by atoms with Crippen LogP contribution >= 0.6 is 15.9 Å². The summed E-state index contributed by atoms with van der Waals surface area (Å²) in [6.07, 6.45) is 1.03. The van der Waals surface area contributed by atoms with Gasteiger partial charge in [0.1, 0.15) is 5.75 Å². The van der Waals surface area contributed by atoms with Crippen molar-refractivity contribution < 1.29 is 14.7 Å². The number of nitrogens with one attached hydrogen (secondary N) is 2. The fraction of sp³-hybridized carbons (Fsp3) is 0.333. The third-order valence-corrected chi connectivity index (χ3v) is 3.30. The van der Waals surface area contributed by atoms with Crippen LogP contribution in [-0.4, -0.2) is 29.5 Å². The average Bonchev–Trinajstić information content (AvgIpc) is 2.32. The van der Waals surface area contributed by atoms with E-state index in [1.807, 2.05) is 0 Å². The zero-order valence-electron chi connectivity index (χ0n) is 9.57. The van der Waals surface area contributed by atoms with E-state index in [0.717, 1.165) is 0 Å². The Morgan fingerprint density at radius 3 is 2.89 bits per heavy atom. The first-order valence-electron chi connectivity index (χ1n) is 5.62. The predicted octanol–water partition coefficient (Wildman–Crippen LogP) is 1.16. The van der Waals surface area contributed by atoms with Crippen LogP contribution in [0.25, 0.3) is 0 Å². The second-order valence-electron chi connectivity index (χ2n) is 4.17. The monoisotopic (exact) mass is 312 g/mol. The molecule has 1 aliphatic rings. The van der Waals surface area contributed by atoms with Gasteiger partial charge in [0.05, 0.1) is 5.56 Å². The van der Waals surface area contributed by atoms with Gasteiger partial charge in [-0.05, 0) is 24.6 Å². The molecule has 0 saturated carbocycles. The van der Waals surface area contributed by atoms with E-state index in [-0.39, 0.29) is 29.2 Å². The summed E-state index contributed by atoms with van der Waals surface area (Å²) >= 11 is 3.21.